The molecule has 43 heavy (non-hydrogen) atoms. The van der Waals surface area contributed by atoms with Gasteiger partial charge in [0.05, 0.1) is 46.4 Å². The van der Waals surface area contributed by atoms with Gasteiger partial charge < -0.3 is 10.0 Å². The van der Waals surface area contributed by atoms with E-state index in [2.05, 4.69) is 9.97 Å². The minimum atomic E-state index is -5.09. The van der Waals surface area contributed by atoms with Crippen LogP contribution in [0.1, 0.15) is 41.8 Å². The monoisotopic (exact) mass is 605 g/mol. The number of aryl methyl sites for hydroxylation is 1. The summed E-state index contributed by atoms with van der Waals surface area (Å²) in [4.78, 5) is 23.5. The van der Waals surface area contributed by atoms with Crippen LogP contribution in [-0.2, 0) is 29.2 Å². The molecule has 4 rings (SSSR count). The van der Waals surface area contributed by atoms with Crippen LogP contribution in [0.4, 0.5) is 36.4 Å². The molecular weight excluding hydrogens is 579 g/mol. The number of aromatic nitrogens is 2. The van der Waals surface area contributed by atoms with Gasteiger partial charge in [-0.2, -0.15) is 26.3 Å². The maximum atomic E-state index is 14.0. The zero-order valence-corrected chi connectivity index (χ0v) is 23.4. The highest BCUT2D eigenvalue weighted by Crippen LogP contribution is 2.41. The smallest absolute Gasteiger partial charge is 0.390 e. The molecule has 1 N–H and O–H groups in total. The van der Waals surface area contributed by atoms with Crippen molar-refractivity contribution in [2.75, 3.05) is 11.9 Å². The summed E-state index contributed by atoms with van der Waals surface area (Å²) < 4.78 is 95.4. The Morgan fingerprint density at radius 2 is 1.44 bits per heavy atom. The molecule has 0 aliphatic rings. The maximum absolute atomic E-state index is 14.0. The predicted octanol–water partition coefficient (Wildman–Crippen LogP) is 7.73. The molecular formula is C31H26F7N3O2. The molecule has 0 unspecified atom stereocenters. The third-order valence-electron chi connectivity index (χ3n) is 7.15. The van der Waals surface area contributed by atoms with Gasteiger partial charge >= 0.3 is 12.4 Å². The highest BCUT2D eigenvalue weighted by molar-refractivity contribution is 6.03. The molecule has 0 aliphatic carbocycles. The standard InChI is InChI=1S/C31H26F7N3O2/c1-17-9-22(32)5-6-24(17)25-14-26(18-7-8-39-23(10-18)16-42)40-15-27(25)41(4)28(43)29(2,3)19-11-20(30(33,34)35)13-21(12-19)31(36,37)38/h5-15,42H,16H2,1-4H3. The lowest BCUT2D eigenvalue weighted by Gasteiger charge is -2.32. The van der Waals surface area contributed by atoms with Crippen molar-refractivity contribution >= 4 is 11.6 Å². The average molecular weight is 606 g/mol. The summed E-state index contributed by atoms with van der Waals surface area (Å²) in [5.74, 6) is -1.32. The average Bonchev–Trinajstić information content (AvgIpc) is 2.95. The fourth-order valence-corrected chi connectivity index (χ4v) is 4.71. The van der Waals surface area contributed by atoms with Gasteiger partial charge in [-0.3, -0.25) is 14.8 Å². The van der Waals surface area contributed by atoms with Gasteiger partial charge in [0.15, 0.2) is 0 Å². The fourth-order valence-electron chi connectivity index (χ4n) is 4.71. The predicted molar refractivity (Wildman–Crippen MR) is 146 cm³/mol. The van der Waals surface area contributed by atoms with E-state index in [0.717, 1.165) is 4.90 Å². The third kappa shape index (κ3) is 6.53. The first-order valence-electron chi connectivity index (χ1n) is 12.8. The summed E-state index contributed by atoms with van der Waals surface area (Å²) in [5, 5.41) is 9.49. The van der Waals surface area contributed by atoms with Gasteiger partial charge in [0.1, 0.15) is 5.82 Å². The SMILES string of the molecule is Cc1cc(F)ccc1-c1cc(-c2ccnc(CO)c2)ncc1N(C)C(=O)C(C)(C)c1cc(C(F)(F)F)cc(C(F)(F)F)c1. The van der Waals surface area contributed by atoms with E-state index in [1.54, 1.807) is 25.1 Å². The number of nitrogens with zero attached hydrogens (tertiary/aromatic N) is 3. The highest BCUT2D eigenvalue weighted by Gasteiger charge is 2.41. The zero-order chi connectivity index (χ0) is 31.9. The van der Waals surface area contributed by atoms with Crippen LogP contribution in [0.25, 0.3) is 22.4 Å². The molecule has 0 fully saturated rings. The van der Waals surface area contributed by atoms with Crippen LogP contribution in [0.15, 0.2) is 67.0 Å². The maximum Gasteiger partial charge on any atom is 0.416 e. The Hall–Kier alpha value is -4.32. The Morgan fingerprint density at radius 3 is 2.00 bits per heavy atom. The number of hydrogen-bond donors (Lipinski definition) is 1. The molecule has 2 heterocycles. The van der Waals surface area contributed by atoms with Crippen LogP contribution in [0, 0.1) is 12.7 Å². The van der Waals surface area contributed by atoms with Gasteiger partial charge in [-0.15, -0.1) is 0 Å². The lowest BCUT2D eigenvalue weighted by atomic mass is 9.81. The van der Waals surface area contributed by atoms with E-state index in [9.17, 15) is 40.6 Å². The molecule has 2 aromatic carbocycles. The van der Waals surface area contributed by atoms with Crippen molar-refractivity contribution in [3.05, 3.63) is 101 Å². The van der Waals surface area contributed by atoms with Crippen molar-refractivity contribution in [1.29, 1.82) is 0 Å². The van der Waals surface area contributed by atoms with E-state index >= 15 is 0 Å². The summed E-state index contributed by atoms with van der Waals surface area (Å²) in [7, 11) is 1.33. The van der Waals surface area contributed by atoms with Crippen molar-refractivity contribution in [2.24, 2.45) is 0 Å². The van der Waals surface area contributed by atoms with Crippen molar-refractivity contribution in [3.8, 4) is 22.4 Å². The first-order valence-corrected chi connectivity index (χ1v) is 12.8. The molecule has 0 saturated carbocycles. The molecule has 0 radical (unpaired) electrons. The van der Waals surface area contributed by atoms with Gasteiger partial charge in [-0.25, -0.2) is 4.39 Å². The molecule has 0 atom stereocenters. The Bertz CT molecular complexity index is 1650. The molecule has 1 amide bonds. The fraction of sp³-hybridized carbons (Fsp3) is 0.258. The summed E-state index contributed by atoms with van der Waals surface area (Å²) >= 11 is 0. The van der Waals surface area contributed by atoms with E-state index in [4.69, 9.17) is 0 Å². The van der Waals surface area contributed by atoms with E-state index in [0.29, 0.717) is 45.8 Å². The van der Waals surface area contributed by atoms with Crippen LogP contribution < -0.4 is 4.90 Å². The van der Waals surface area contributed by atoms with Crippen molar-refractivity contribution < 1.29 is 40.6 Å². The van der Waals surface area contributed by atoms with Crippen LogP contribution in [0.3, 0.4) is 0 Å². The third-order valence-corrected chi connectivity index (χ3v) is 7.15. The van der Waals surface area contributed by atoms with E-state index in [-0.39, 0.29) is 18.4 Å². The summed E-state index contributed by atoms with van der Waals surface area (Å²) in [6, 6.07) is 9.94. The van der Waals surface area contributed by atoms with Crippen molar-refractivity contribution in [2.45, 2.75) is 45.1 Å². The Balaban J connectivity index is 1.86. The van der Waals surface area contributed by atoms with Crippen LogP contribution >= 0.6 is 0 Å². The quantitative estimate of drug-likeness (QED) is 0.229. The first kappa shape index (κ1) is 31.6. The Kier molecular flexibility index (Phi) is 8.38. The number of anilines is 1. The molecule has 0 spiro atoms. The largest absolute Gasteiger partial charge is 0.416 e. The number of likely N-dealkylation sites (N-methyl/N-ethyl adjacent to an activating group) is 1. The van der Waals surface area contributed by atoms with Gasteiger partial charge in [0, 0.05) is 24.4 Å². The second-order valence-corrected chi connectivity index (χ2v) is 10.5. The molecule has 12 heteroatoms. The van der Waals surface area contributed by atoms with Crippen LogP contribution in [0.5, 0.6) is 0 Å². The molecule has 0 aliphatic heterocycles. The second kappa shape index (κ2) is 11.4. The van der Waals surface area contributed by atoms with E-state index < -0.39 is 46.2 Å². The highest BCUT2D eigenvalue weighted by atomic mass is 19.4. The van der Waals surface area contributed by atoms with E-state index in [1.165, 1.54) is 51.5 Å². The Labute approximate surface area is 242 Å². The normalized spacial score (nSPS) is 12.4. The van der Waals surface area contributed by atoms with Gasteiger partial charge in [0.2, 0.25) is 5.91 Å². The molecule has 2 aromatic heterocycles. The minimum Gasteiger partial charge on any atom is -0.390 e. The number of aliphatic hydroxyl groups excluding tert-OH is 1. The number of amides is 1. The number of hydrogen-bond acceptors (Lipinski definition) is 4. The Morgan fingerprint density at radius 1 is 0.837 bits per heavy atom. The molecule has 226 valence electrons. The molecule has 0 saturated heterocycles. The number of carbonyl (C=O) groups excluding carboxylic acids is 1. The van der Waals surface area contributed by atoms with Gasteiger partial charge in [-0.05, 0) is 86.0 Å². The zero-order valence-electron chi connectivity index (χ0n) is 23.4. The van der Waals surface area contributed by atoms with Crippen LogP contribution in [-0.4, -0.2) is 28.0 Å². The second-order valence-electron chi connectivity index (χ2n) is 10.5. The van der Waals surface area contributed by atoms with Gasteiger partial charge in [0.25, 0.3) is 0 Å². The van der Waals surface area contributed by atoms with E-state index in [1.807, 2.05) is 0 Å². The lowest BCUT2D eigenvalue weighted by Crippen LogP contribution is -2.42. The number of rotatable bonds is 6. The lowest BCUT2D eigenvalue weighted by molar-refractivity contribution is -0.143. The van der Waals surface area contributed by atoms with Crippen LogP contribution in [0.2, 0.25) is 0 Å². The molecule has 5 nitrogen and oxygen atoms in total. The topological polar surface area (TPSA) is 66.3 Å². The number of aliphatic hydroxyl groups is 1. The minimum absolute atomic E-state index is 0.00708. The molecule has 0 bridgehead atoms. The number of pyridine rings is 2. The van der Waals surface area contributed by atoms with Crippen molar-refractivity contribution in [1.82, 2.24) is 9.97 Å². The van der Waals surface area contributed by atoms with Crippen molar-refractivity contribution in [3.63, 3.8) is 0 Å². The first-order chi connectivity index (χ1) is 19.9. The number of halogens is 7. The van der Waals surface area contributed by atoms with Gasteiger partial charge in [-0.1, -0.05) is 6.07 Å². The summed E-state index contributed by atoms with van der Waals surface area (Å²) in [6.45, 7) is 3.79. The number of benzene rings is 2. The number of carbonyl (C=O) groups is 1. The molecule has 4 aromatic rings. The summed E-state index contributed by atoms with van der Waals surface area (Å²) in [6.07, 6.45) is -7.36. The summed E-state index contributed by atoms with van der Waals surface area (Å²) in [5.41, 5.74) is -2.47. The number of alkyl halides is 6.